The molecule has 1 aromatic carbocycles. The molecule has 0 aliphatic rings. The first-order chi connectivity index (χ1) is 14.5. The number of amides is 1. The van der Waals surface area contributed by atoms with E-state index in [0.717, 1.165) is 10.9 Å². The Bertz CT molecular complexity index is 1320. The minimum absolute atomic E-state index is 0.155. The predicted molar refractivity (Wildman–Crippen MR) is 115 cm³/mol. The van der Waals surface area contributed by atoms with Crippen LogP contribution in [0.25, 0.3) is 22.0 Å². The fourth-order valence-electron chi connectivity index (χ4n) is 3.45. The van der Waals surface area contributed by atoms with Gasteiger partial charge in [0.25, 0.3) is 11.5 Å². The first kappa shape index (κ1) is 19.9. The molecule has 0 radical (unpaired) electrons. The Hall–Kier alpha value is -3.39. The van der Waals surface area contributed by atoms with Crippen LogP contribution in [0.1, 0.15) is 22.5 Å². The fraction of sp³-hybridized carbons (Fsp3) is 0.238. The number of fused-ring (bicyclic) bond motifs is 2. The third kappa shape index (κ3) is 3.50. The number of aryl methyl sites for hydroxylation is 2. The van der Waals surface area contributed by atoms with Gasteiger partial charge in [-0.3, -0.25) is 18.8 Å². The van der Waals surface area contributed by atoms with E-state index in [1.54, 1.807) is 19.2 Å². The summed E-state index contributed by atoms with van der Waals surface area (Å²) in [6.07, 6.45) is 5.37. The number of nitrogens with zero attached hydrogens (tertiary/aromatic N) is 4. The number of nitrogens with one attached hydrogen (secondary N) is 1. The molecule has 9 heteroatoms. The highest BCUT2D eigenvalue weighted by Crippen LogP contribution is 2.23. The van der Waals surface area contributed by atoms with Crippen LogP contribution in [0.2, 0.25) is 5.02 Å². The van der Waals surface area contributed by atoms with E-state index in [0.29, 0.717) is 36.8 Å². The standard InChI is InChI=1S/C21H20ClN5O3/c1-3-9-26-12-24-20-18(21(26)29)17(13(2)30-20)19(28)23-8-5-10-27-16-7-4-6-15(22)14(16)11-25-27/h3-4,6-7,11-12H,1,5,8-10H2,2H3,(H,23,28). The number of benzene rings is 1. The van der Waals surface area contributed by atoms with E-state index in [1.807, 2.05) is 22.9 Å². The van der Waals surface area contributed by atoms with Gasteiger partial charge in [-0.2, -0.15) is 5.10 Å². The molecular formula is C21H20ClN5O3. The highest BCUT2D eigenvalue weighted by Gasteiger charge is 2.22. The summed E-state index contributed by atoms with van der Waals surface area (Å²) < 4.78 is 8.76. The van der Waals surface area contributed by atoms with Gasteiger partial charge in [0.05, 0.1) is 22.3 Å². The molecule has 1 N–H and O–H groups in total. The van der Waals surface area contributed by atoms with Crippen LogP contribution in [0, 0.1) is 6.92 Å². The van der Waals surface area contributed by atoms with Crippen molar-refractivity contribution in [2.75, 3.05) is 6.54 Å². The second-order valence-corrected chi connectivity index (χ2v) is 7.26. The molecule has 0 saturated heterocycles. The maximum Gasteiger partial charge on any atom is 0.265 e. The number of carbonyl (C=O) groups excluding carboxylic acids is 1. The molecule has 0 saturated carbocycles. The number of halogens is 1. The molecule has 154 valence electrons. The summed E-state index contributed by atoms with van der Waals surface area (Å²) in [4.78, 5) is 29.6. The zero-order valence-electron chi connectivity index (χ0n) is 16.4. The second-order valence-electron chi connectivity index (χ2n) is 6.85. The van der Waals surface area contributed by atoms with Crippen molar-refractivity contribution in [3.8, 4) is 0 Å². The molecule has 0 fully saturated rings. The van der Waals surface area contributed by atoms with Crippen LogP contribution in [-0.2, 0) is 13.1 Å². The third-order valence-corrected chi connectivity index (χ3v) is 5.20. The molecule has 3 aromatic heterocycles. The Morgan fingerprint density at radius 1 is 1.40 bits per heavy atom. The third-order valence-electron chi connectivity index (χ3n) is 4.87. The van der Waals surface area contributed by atoms with Crippen molar-refractivity contribution >= 4 is 39.5 Å². The fourth-order valence-corrected chi connectivity index (χ4v) is 3.66. The molecule has 4 rings (SSSR count). The van der Waals surface area contributed by atoms with Crippen LogP contribution in [0.5, 0.6) is 0 Å². The van der Waals surface area contributed by atoms with Gasteiger partial charge in [0, 0.05) is 25.0 Å². The van der Waals surface area contributed by atoms with Crippen molar-refractivity contribution in [2.24, 2.45) is 0 Å². The lowest BCUT2D eigenvalue weighted by Crippen LogP contribution is -2.28. The Kier molecular flexibility index (Phi) is 5.41. The molecule has 8 nitrogen and oxygen atoms in total. The lowest BCUT2D eigenvalue weighted by molar-refractivity contribution is 0.0952. The van der Waals surface area contributed by atoms with Crippen molar-refractivity contribution in [2.45, 2.75) is 26.4 Å². The van der Waals surface area contributed by atoms with E-state index in [4.69, 9.17) is 16.0 Å². The Morgan fingerprint density at radius 2 is 2.23 bits per heavy atom. The van der Waals surface area contributed by atoms with E-state index >= 15 is 0 Å². The van der Waals surface area contributed by atoms with Gasteiger partial charge in [-0.05, 0) is 25.5 Å². The van der Waals surface area contributed by atoms with Crippen molar-refractivity contribution in [3.05, 3.63) is 70.1 Å². The summed E-state index contributed by atoms with van der Waals surface area (Å²) in [5.74, 6) is -0.00830. The lowest BCUT2D eigenvalue weighted by atomic mass is 10.1. The summed E-state index contributed by atoms with van der Waals surface area (Å²) >= 11 is 6.18. The van der Waals surface area contributed by atoms with Crippen molar-refractivity contribution in [1.82, 2.24) is 24.6 Å². The Morgan fingerprint density at radius 3 is 3.03 bits per heavy atom. The largest absolute Gasteiger partial charge is 0.442 e. The van der Waals surface area contributed by atoms with E-state index < -0.39 is 0 Å². The van der Waals surface area contributed by atoms with Crippen molar-refractivity contribution in [1.29, 1.82) is 0 Å². The number of rotatable bonds is 7. The number of hydrogen-bond acceptors (Lipinski definition) is 5. The van der Waals surface area contributed by atoms with E-state index in [2.05, 4.69) is 22.0 Å². The summed E-state index contributed by atoms with van der Waals surface area (Å²) in [6, 6.07) is 5.66. The van der Waals surface area contributed by atoms with Crippen molar-refractivity contribution < 1.29 is 9.21 Å². The zero-order valence-corrected chi connectivity index (χ0v) is 17.1. The Balaban J connectivity index is 1.47. The quantitative estimate of drug-likeness (QED) is 0.362. The minimum atomic E-state index is -0.366. The first-order valence-electron chi connectivity index (χ1n) is 9.49. The monoisotopic (exact) mass is 425 g/mol. The topological polar surface area (TPSA) is 95.0 Å². The van der Waals surface area contributed by atoms with Gasteiger partial charge in [-0.25, -0.2) is 4.98 Å². The molecular weight excluding hydrogens is 406 g/mol. The predicted octanol–water partition coefficient (Wildman–Crippen LogP) is 3.31. The maximum atomic E-state index is 12.8. The molecule has 0 unspecified atom stereocenters. The van der Waals surface area contributed by atoms with Crippen LogP contribution in [-0.4, -0.2) is 31.8 Å². The van der Waals surface area contributed by atoms with Gasteiger partial charge in [0.15, 0.2) is 0 Å². The van der Waals surface area contributed by atoms with E-state index in [-0.39, 0.29) is 28.1 Å². The smallest absolute Gasteiger partial charge is 0.265 e. The average molecular weight is 426 g/mol. The number of carbonyl (C=O) groups is 1. The van der Waals surface area contributed by atoms with Gasteiger partial charge in [-0.1, -0.05) is 23.7 Å². The summed E-state index contributed by atoms with van der Waals surface area (Å²) in [5.41, 5.74) is 0.987. The minimum Gasteiger partial charge on any atom is -0.442 e. The number of furan rings is 1. The van der Waals surface area contributed by atoms with E-state index in [1.165, 1.54) is 10.9 Å². The highest BCUT2D eigenvalue weighted by atomic mass is 35.5. The van der Waals surface area contributed by atoms with Crippen LogP contribution >= 0.6 is 11.6 Å². The lowest BCUT2D eigenvalue weighted by Gasteiger charge is -2.07. The molecule has 3 heterocycles. The average Bonchev–Trinajstić information content (AvgIpc) is 3.29. The SMILES string of the molecule is C=CCn1cnc2oc(C)c(C(=O)NCCCn3ncc4c(Cl)cccc43)c2c1=O. The van der Waals surface area contributed by atoms with Crippen LogP contribution in [0.4, 0.5) is 0 Å². The van der Waals surface area contributed by atoms with Gasteiger partial charge in [0.1, 0.15) is 17.5 Å². The number of allylic oxidation sites excluding steroid dienone is 1. The van der Waals surface area contributed by atoms with Gasteiger partial charge < -0.3 is 9.73 Å². The van der Waals surface area contributed by atoms with Crippen LogP contribution in [0.15, 0.2) is 52.6 Å². The van der Waals surface area contributed by atoms with E-state index in [9.17, 15) is 9.59 Å². The molecule has 0 aliphatic carbocycles. The van der Waals surface area contributed by atoms with Crippen LogP contribution in [0.3, 0.4) is 0 Å². The maximum absolute atomic E-state index is 12.8. The molecule has 4 aromatic rings. The highest BCUT2D eigenvalue weighted by molar-refractivity contribution is 6.35. The van der Waals surface area contributed by atoms with Gasteiger partial charge >= 0.3 is 0 Å². The first-order valence-corrected chi connectivity index (χ1v) is 9.86. The van der Waals surface area contributed by atoms with Gasteiger partial charge in [-0.15, -0.1) is 6.58 Å². The second kappa shape index (κ2) is 8.16. The van der Waals surface area contributed by atoms with Gasteiger partial charge in [0.2, 0.25) is 5.71 Å². The summed E-state index contributed by atoms with van der Waals surface area (Å²) in [5, 5.41) is 8.95. The zero-order chi connectivity index (χ0) is 21.3. The molecule has 0 bridgehead atoms. The molecule has 30 heavy (non-hydrogen) atoms. The van der Waals surface area contributed by atoms with Crippen LogP contribution < -0.4 is 10.9 Å². The molecule has 0 spiro atoms. The number of aromatic nitrogens is 4. The normalized spacial score (nSPS) is 11.3. The summed E-state index contributed by atoms with van der Waals surface area (Å²) in [6.45, 7) is 6.60. The van der Waals surface area contributed by atoms with Crippen molar-refractivity contribution in [3.63, 3.8) is 0 Å². The molecule has 0 atom stereocenters. The Labute approximate surface area is 176 Å². The molecule has 1 amide bonds. The molecule has 0 aliphatic heterocycles. The summed E-state index contributed by atoms with van der Waals surface area (Å²) in [7, 11) is 0. The number of hydrogen-bond donors (Lipinski definition) is 1.